The first-order chi connectivity index (χ1) is 18.4. The summed E-state index contributed by atoms with van der Waals surface area (Å²) in [5.41, 5.74) is 0.712. The van der Waals surface area contributed by atoms with Crippen LogP contribution in [-0.2, 0) is 40.1 Å². The van der Waals surface area contributed by atoms with Crippen LogP contribution in [0.5, 0.6) is 0 Å². The van der Waals surface area contributed by atoms with Gasteiger partial charge in [-0.05, 0) is 19.4 Å². The Bertz CT molecular complexity index is 1010. The first kappa shape index (κ1) is 32.9. The lowest BCUT2D eigenvalue weighted by Crippen LogP contribution is -2.60. The van der Waals surface area contributed by atoms with Crippen LogP contribution in [0.25, 0.3) is 0 Å². The van der Waals surface area contributed by atoms with Crippen molar-refractivity contribution in [1.29, 1.82) is 0 Å². The van der Waals surface area contributed by atoms with Gasteiger partial charge in [0.2, 0.25) is 17.7 Å². The molecule has 0 bridgehead atoms. The molecular formula is C24H33FN4O10. The number of halogens is 1. The van der Waals surface area contributed by atoms with Crippen molar-refractivity contribution in [2.24, 2.45) is 0 Å². The van der Waals surface area contributed by atoms with Gasteiger partial charge >= 0.3 is 12.1 Å². The summed E-state index contributed by atoms with van der Waals surface area (Å²) in [6.07, 6.45) is -3.16. The third-order valence-electron chi connectivity index (χ3n) is 5.25. The minimum absolute atomic E-state index is 0.0527. The predicted octanol–water partition coefficient (Wildman–Crippen LogP) is -1.77. The first-order valence-corrected chi connectivity index (χ1v) is 11.8. The number of rotatable bonds is 15. The molecule has 0 fully saturated rings. The highest BCUT2D eigenvalue weighted by Crippen LogP contribution is 2.03. The molecule has 1 aromatic carbocycles. The standard InChI is InChI=1S/C24H33FN4O10/c1-13(26-24(37)39-12-15-7-5-4-6-8-15)21(34)28-17(11-30)22(35)29-20(14(2)31)23(36)27-16(18(32)10-25)9-19(33)38-3/h4-8,13-14,16-17,20,30-31H,9-12H2,1-3H3,(H,26,37)(H,27,36)(H,28,34)(H,29,35)/t13-,14+,16-,17-,20-/m0/s1. The summed E-state index contributed by atoms with van der Waals surface area (Å²) in [6, 6.07) is 2.58. The highest BCUT2D eigenvalue weighted by atomic mass is 19.1. The number of nitrogens with one attached hydrogen (secondary N) is 4. The van der Waals surface area contributed by atoms with Gasteiger partial charge in [-0.15, -0.1) is 0 Å². The lowest BCUT2D eigenvalue weighted by atomic mass is 10.1. The maximum Gasteiger partial charge on any atom is 0.408 e. The Balaban J connectivity index is 2.75. The highest BCUT2D eigenvalue weighted by Gasteiger charge is 2.33. The summed E-state index contributed by atoms with van der Waals surface area (Å²) in [4.78, 5) is 72.9. The summed E-state index contributed by atoms with van der Waals surface area (Å²) in [5.74, 6) is -5.20. The van der Waals surface area contributed by atoms with Crippen molar-refractivity contribution in [2.75, 3.05) is 20.4 Å². The average molecular weight is 557 g/mol. The van der Waals surface area contributed by atoms with Crippen LogP contribution in [0.1, 0.15) is 25.8 Å². The molecule has 0 spiro atoms. The number of aliphatic hydroxyl groups excluding tert-OH is 2. The monoisotopic (exact) mass is 556 g/mol. The predicted molar refractivity (Wildman–Crippen MR) is 131 cm³/mol. The number of amides is 4. The van der Waals surface area contributed by atoms with Crippen LogP contribution in [0.4, 0.5) is 9.18 Å². The number of esters is 1. The van der Waals surface area contributed by atoms with E-state index in [-0.39, 0.29) is 6.61 Å². The molecule has 0 aliphatic rings. The number of ketones is 1. The number of aliphatic hydroxyl groups is 2. The molecule has 5 atom stereocenters. The van der Waals surface area contributed by atoms with Crippen LogP contribution in [0.15, 0.2) is 30.3 Å². The van der Waals surface area contributed by atoms with Crippen molar-refractivity contribution in [2.45, 2.75) is 57.1 Å². The zero-order chi connectivity index (χ0) is 29.5. The van der Waals surface area contributed by atoms with Crippen LogP contribution >= 0.6 is 0 Å². The van der Waals surface area contributed by atoms with E-state index in [9.17, 15) is 43.4 Å². The van der Waals surface area contributed by atoms with Crippen molar-refractivity contribution >= 4 is 35.6 Å². The molecule has 14 nitrogen and oxygen atoms in total. The van der Waals surface area contributed by atoms with Gasteiger partial charge in [-0.3, -0.25) is 24.0 Å². The van der Waals surface area contributed by atoms with Gasteiger partial charge < -0.3 is 41.0 Å². The van der Waals surface area contributed by atoms with Crippen LogP contribution in [0.3, 0.4) is 0 Å². The summed E-state index contributed by atoms with van der Waals surface area (Å²) < 4.78 is 22.3. The summed E-state index contributed by atoms with van der Waals surface area (Å²) >= 11 is 0. The molecule has 0 aromatic heterocycles. The molecule has 0 aliphatic carbocycles. The van der Waals surface area contributed by atoms with Crippen LogP contribution in [-0.4, -0.2) is 96.4 Å². The summed E-state index contributed by atoms with van der Waals surface area (Å²) in [5, 5.41) is 28.2. The fraction of sp³-hybridized carbons (Fsp3) is 0.500. The van der Waals surface area contributed by atoms with E-state index in [1.54, 1.807) is 30.3 Å². The molecule has 0 saturated carbocycles. The van der Waals surface area contributed by atoms with Crippen LogP contribution < -0.4 is 21.3 Å². The first-order valence-electron chi connectivity index (χ1n) is 11.8. The van der Waals surface area contributed by atoms with Gasteiger partial charge in [-0.1, -0.05) is 30.3 Å². The number of hydrogen-bond donors (Lipinski definition) is 6. The third kappa shape index (κ3) is 11.4. The number of alkyl halides is 1. The SMILES string of the molecule is COC(=O)C[C@H](NC(=O)[C@@H](NC(=O)[C@H](CO)NC(=O)[C@H](C)NC(=O)OCc1ccccc1)[C@@H](C)O)C(=O)CF. The number of carbonyl (C=O) groups excluding carboxylic acids is 6. The van der Waals surface area contributed by atoms with E-state index in [1.807, 2.05) is 0 Å². The van der Waals surface area contributed by atoms with Crippen molar-refractivity contribution < 1.29 is 52.8 Å². The zero-order valence-electron chi connectivity index (χ0n) is 21.6. The molecule has 1 aromatic rings. The van der Waals surface area contributed by atoms with E-state index in [4.69, 9.17) is 4.74 Å². The minimum Gasteiger partial charge on any atom is -0.469 e. The van der Waals surface area contributed by atoms with Crippen molar-refractivity contribution in [3.05, 3.63) is 35.9 Å². The van der Waals surface area contributed by atoms with Crippen LogP contribution in [0, 0.1) is 0 Å². The van der Waals surface area contributed by atoms with Crippen molar-refractivity contribution in [3.8, 4) is 0 Å². The second-order valence-corrected chi connectivity index (χ2v) is 8.34. The molecule has 216 valence electrons. The molecule has 0 aliphatic heterocycles. The van der Waals surface area contributed by atoms with Gasteiger partial charge in [0.05, 0.1) is 26.2 Å². The molecule has 0 unspecified atom stereocenters. The second kappa shape index (κ2) is 16.7. The average Bonchev–Trinajstić information content (AvgIpc) is 2.92. The highest BCUT2D eigenvalue weighted by molar-refractivity contribution is 5.97. The number of alkyl carbamates (subject to hydrolysis) is 1. The van der Waals surface area contributed by atoms with Gasteiger partial charge in [-0.2, -0.15) is 0 Å². The minimum atomic E-state index is -1.72. The third-order valence-corrected chi connectivity index (χ3v) is 5.25. The van der Waals surface area contributed by atoms with Crippen LogP contribution in [0.2, 0.25) is 0 Å². The Kier molecular flexibility index (Phi) is 14.1. The van der Waals surface area contributed by atoms with E-state index in [2.05, 4.69) is 26.0 Å². The van der Waals surface area contributed by atoms with Gasteiger partial charge in [0, 0.05) is 0 Å². The Morgan fingerprint density at radius 3 is 2.05 bits per heavy atom. The number of hydrogen-bond acceptors (Lipinski definition) is 10. The normalized spacial score (nSPS) is 14.4. The van der Waals surface area contributed by atoms with Gasteiger partial charge in [-0.25, -0.2) is 9.18 Å². The zero-order valence-corrected chi connectivity index (χ0v) is 21.6. The largest absolute Gasteiger partial charge is 0.469 e. The lowest BCUT2D eigenvalue weighted by Gasteiger charge is -2.26. The molecule has 15 heteroatoms. The second-order valence-electron chi connectivity index (χ2n) is 8.34. The lowest BCUT2D eigenvalue weighted by molar-refractivity contribution is -0.144. The molecule has 39 heavy (non-hydrogen) atoms. The quantitative estimate of drug-likeness (QED) is 0.134. The maximum absolute atomic E-state index is 12.9. The number of benzene rings is 1. The van der Waals surface area contributed by atoms with E-state index < -0.39 is 85.5 Å². The number of ether oxygens (including phenoxy) is 2. The number of methoxy groups -OCH3 is 1. The molecule has 0 heterocycles. The van der Waals surface area contributed by atoms with E-state index >= 15 is 0 Å². The fourth-order valence-corrected chi connectivity index (χ4v) is 3.01. The molecule has 0 radical (unpaired) electrons. The molecule has 4 amide bonds. The maximum atomic E-state index is 12.9. The molecular weight excluding hydrogens is 523 g/mol. The Morgan fingerprint density at radius 2 is 1.51 bits per heavy atom. The Labute approximate surface area is 223 Å². The molecule has 1 rings (SSSR count). The Morgan fingerprint density at radius 1 is 0.897 bits per heavy atom. The topological polar surface area (TPSA) is 209 Å². The van der Waals surface area contributed by atoms with E-state index in [0.29, 0.717) is 5.56 Å². The number of Topliss-reactive ketones (excluding diaryl/α,β-unsaturated/α-hetero) is 1. The van der Waals surface area contributed by atoms with Crippen molar-refractivity contribution in [3.63, 3.8) is 0 Å². The van der Waals surface area contributed by atoms with Crippen molar-refractivity contribution in [1.82, 2.24) is 21.3 Å². The fourth-order valence-electron chi connectivity index (χ4n) is 3.01. The van der Waals surface area contributed by atoms with Gasteiger partial charge in [0.25, 0.3) is 0 Å². The van der Waals surface area contributed by atoms with E-state index in [1.165, 1.54) is 6.92 Å². The molecule has 6 N–H and O–H groups in total. The summed E-state index contributed by atoms with van der Waals surface area (Å²) in [6.45, 7) is -0.0688. The number of carbonyl (C=O) groups is 6. The van der Waals surface area contributed by atoms with E-state index in [0.717, 1.165) is 14.0 Å². The van der Waals surface area contributed by atoms with Gasteiger partial charge in [0.1, 0.15) is 37.4 Å². The Hall–Kier alpha value is -4.11. The van der Waals surface area contributed by atoms with Gasteiger partial charge in [0.15, 0.2) is 5.78 Å². The molecule has 0 saturated heterocycles. The summed E-state index contributed by atoms with van der Waals surface area (Å²) in [7, 11) is 1.02. The smallest absolute Gasteiger partial charge is 0.408 e.